The van der Waals surface area contributed by atoms with Crippen LogP contribution >= 0.6 is 11.3 Å². The van der Waals surface area contributed by atoms with Gasteiger partial charge in [0.05, 0.1) is 18.7 Å². The summed E-state index contributed by atoms with van der Waals surface area (Å²) in [6.07, 6.45) is 2.76. The zero-order chi connectivity index (χ0) is 17.9. The van der Waals surface area contributed by atoms with E-state index in [1.807, 2.05) is 30.5 Å². The highest BCUT2D eigenvalue weighted by Gasteiger charge is 2.00. The first-order valence-electron chi connectivity index (χ1n) is 8.41. The van der Waals surface area contributed by atoms with Crippen molar-refractivity contribution in [1.82, 2.24) is 15.6 Å². The van der Waals surface area contributed by atoms with Crippen molar-refractivity contribution in [2.75, 3.05) is 33.4 Å². The van der Waals surface area contributed by atoms with Crippen LogP contribution in [0, 0.1) is 6.92 Å². The molecule has 0 radical (unpaired) electrons. The Kier molecular flexibility index (Phi) is 8.04. The predicted molar refractivity (Wildman–Crippen MR) is 103 cm³/mol. The van der Waals surface area contributed by atoms with Crippen LogP contribution in [0.1, 0.15) is 16.8 Å². The molecule has 2 N–H and O–H groups in total. The van der Waals surface area contributed by atoms with Gasteiger partial charge in [-0.1, -0.05) is 0 Å². The second-order valence-corrected chi connectivity index (χ2v) is 6.65. The van der Waals surface area contributed by atoms with Gasteiger partial charge in [-0.3, -0.25) is 4.99 Å². The van der Waals surface area contributed by atoms with Gasteiger partial charge in [-0.05, 0) is 38.1 Å². The van der Waals surface area contributed by atoms with E-state index in [-0.39, 0.29) is 0 Å². The number of aliphatic imine (C=N–C) groups is 1. The van der Waals surface area contributed by atoms with Gasteiger partial charge in [-0.2, -0.15) is 0 Å². The maximum Gasteiger partial charge on any atom is 0.191 e. The number of rotatable bonds is 9. The van der Waals surface area contributed by atoms with Gasteiger partial charge in [0.2, 0.25) is 0 Å². The highest BCUT2D eigenvalue weighted by Crippen LogP contribution is 2.16. The van der Waals surface area contributed by atoms with Crippen molar-refractivity contribution in [3.05, 3.63) is 40.3 Å². The summed E-state index contributed by atoms with van der Waals surface area (Å²) in [7, 11) is 1.65. The van der Waals surface area contributed by atoms with Crippen LogP contribution in [0.4, 0.5) is 0 Å². The lowest BCUT2D eigenvalue weighted by atomic mass is 10.3. The Morgan fingerprint density at radius 2 is 1.96 bits per heavy atom. The molecule has 0 amide bonds. The van der Waals surface area contributed by atoms with Gasteiger partial charge in [0, 0.05) is 30.6 Å². The summed E-state index contributed by atoms with van der Waals surface area (Å²) < 4.78 is 10.8. The minimum Gasteiger partial charge on any atom is -0.497 e. The Morgan fingerprint density at radius 1 is 1.20 bits per heavy atom. The Morgan fingerprint density at radius 3 is 2.60 bits per heavy atom. The van der Waals surface area contributed by atoms with Crippen LogP contribution in [0.15, 0.2) is 35.5 Å². The molecule has 1 heterocycles. The molecule has 1 aromatic heterocycles. The maximum absolute atomic E-state index is 5.70. The fourth-order valence-corrected chi connectivity index (χ4v) is 2.91. The molecule has 0 saturated carbocycles. The molecule has 6 nitrogen and oxygen atoms in total. The number of hydrogen-bond acceptors (Lipinski definition) is 5. The first kappa shape index (κ1) is 19.1. The smallest absolute Gasteiger partial charge is 0.191 e. The third-order valence-electron chi connectivity index (χ3n) is 3.33. The van der Waals surface area contributed by atoms with Crippen LogP contribution in [0.25, 0.3) is 0 Å². The molecule has 7 heteroatoms. The van der Waals surface area contributed by atoms with Gasteiger partial charge < -0.3 is 20.1 Å². The fourth-order valence-electron chi connectivity index (χ4n) is 2.13. The van der Waals surface area contributed by atoms with E-state index in [1.165, 1.54) is 4.88 Å². The van der Waals surface area contributed by atoms with Crippen LogP contribution < -0.4 is 20.1 Å². The minimum atomic E-state index is 0.558. The summed E-state index contributed by atoms with van der Waals surface area (Å²) in [5, 5.41) is 7.64. The van der Waals surface area contributed by atoms with E-state index in [1.54, 1.807) is 18.4 Å². The van der Waals surface area contributed by atoms with Crippen molar-refractivity contribution >= 4 is 17.3 Å². The molecule has 0 aliphatic rings. The molecule has 1 aromatic carbocycles. The van der Waals surface area contributed by atoms with Crippen LogP contribution in [-0.4, -0.2) is 44.3 Å². The van der Waals surface area contributed by atoms with E-state index in [4.69, 9.17) is 9.47 Å². The number of guanidine groups is 1. The van der Waals surface area contributed by atoms with Gasteiger partial charge in [-0.25, -0.2) is 4.98 Å². The molecule has 0 atom stereocenters. The summed E-state index contributed by atoms with van der Waals surface area (Å²) in [5.74, 6) is 2.44. The van der Waals surface area contributed by atoms with Crippen LogP contribution in [0.5, 0.6) is 11.5 Å². The molecule has 0 aliphatic heterocycles. The SMILES string of the molecule is CCNC(=NCCc1ncc(C)s1)NCCOc1ccc(OC)cc1. The zero-order valence-electron chi connectivity index (χ0n) is 15.0. The Labute approximate surface area is 153 Å². The van der Waals surface area contributed by atoms with Gasteiger partial charge in [0.15, 0.2) is 5.96 Å². The number of aryl methyl sites for hydroxylation is 1. The van der Waals surface area contributed by atoms with E-state index >= 15 is 0 Å². The van der Waals surface area contributed by atoms with E-state index in [0.717, 1.165) is 35.4 Å². The largest absolute Gasteiger partial charge is 0.497 e. The molecule has 0 unspecified atom stereocenters. The number of ether oxygens (including phenoxy) is 2. The molecule has 0 spiro atoms. The molecule has 0 bridgehead atoms. The molecule has 2 aromatic rings. The van der Waals surface area contributed by atoms with E-state index in [2.05, 4.69) is 34.5 Å². The molecule has 2 rings (SSSR count). The van der Waals surface area contributed by atoms with Crippen LogP contribution in [0.2, 0.25) is 0 Å². The minimum absolute atomic E-state index is 0.558. The van der Waals surface area contributed by atoms with Gasteiger partial charge >= 0.3 is 0 Å². The molecular weight excluding hydrogens is 336 g/mol. The number of methoxy groups -OCH3 is 1. The zero-order valence-corrected chi connectivity index (χ0v) is 15.9. The molecule has 25 heavy (non-hydrogen) atoms. The summed E-state index contributed by atoms with van der Waals surface area (Å²) in [5.41, 5.74) is 0. The Balaban J connectivity index is 1.71. The lowest BCUT2D eigenvalue weighted by Crippen LogP contribution is -2.39. The van der Waals surface area contributed by atoms with Crippen LogP contribution in [0.3, 0.4) is 0 Å². The van der Waals surface area contributed by atoms with Crippen molar-refractivity contribution in [2.45, 2.75) is 20.3 Å². The Hall–Kier alpha value is -2.28. The molecule has 0 aliphatic carbocycles. The first-order valence-corrected chi connectivity index (χ1v) is 9.23. The van der Waals surface area contributed by atoms with E-state index < -0.39 is 0 Å². The first-order chi connectivity index (χ1) is 12.2. The number of benzene rings is 1. The number of nitrogens with zero attached hydrogens (tertiary/aromatic N) is 2. The highest BCUT2D eigenvalue weighted by atomic mass is 32.1. The lowest BCUT2D eigenvalue weighted by molar-refractivity contribution is 0.321. The van der Waals surface area contributed by atoms with Crippen molar-refractivity contribution in [2.24, 2.45) is 4.99 Å². The van der Waals surface area contributed by atoms with Crippen molar-refractivity contribution in [3.8, 4) is 11.5 Å². The maximum atomic E-state index is 5.70. The average molecular weight is 362 g/mol. The molecule has 0 saturated heterocycles. The third-order valence-corrected chi connectivity index (χ3v) is 4.30. The van der Waals surface area contributed by atoms with Crippen molar-refractivity contribution in [1.29, 1.82) is 0 Å². The second-order valence-electron chi connectivity index (χ2n) is 5.33. The summed E-state index contributed by atoms with van der Waals surface area (Å²) >= 11 is 1.72. The normalized spacial score (nSPS) is 11.2. The highest BCUT2D eigenvalue weighted by molar-refractivity contribution is 7.11. The van der Waals surface area contributed by atoms with Gasteiger partial charge in [0.1, 0.15) is 18.1 Å². The summed E-state index contributed by atoms with van der Waals surface area (Å²) in [6.45, 7) is 6.88. The van der Waals surface area contributed by atoms with Crippen molar-refractivity contribution < 1.29 is 9.47 Å². The third kappa shape index (κ3) is 7.01. The summed E-state index contributed by atoms with van der Waals surface area (Å²) in [4.78, 5) is 10.2. The molecule has 136 valence electrons. The molecular formula is C18H26N4O2S. The quantitative estimate of drug-likeness (QED) is 0.408. The standard InChI is InChI=1S/C18H26N4O2S/c1-4-19-18(20-10-9-17-22-13-14(2)25-17)21-11-12-24-16-7-5-15(23-3)6-8-16/h5-8,13H,4,9-12H2,1-3H3,(H2,19,20,21). The molecule has 0 fully saturated rings. The van der Waals surface area contributed by atoms with Crippen LogP contribution in [-0.2, 0) is 6.42 Å². The Bertz CT molecular complexity index is 655. The monoisotopic (exact) mass is 362 g/mol. The van der Waals surface area contributed by atoms with E-state index in [0.29, 0.717) is 19.7 Å². The van der Waals surface area contributed by atoms with E-state index in [9.17, 15) is 0 Å². The number of nitrogens with one attached hydrogen (secondary N) is 2. The number of thiazole rings is 1. The van der Waals surface area contributed by atoms with Gasteiger partial charge in [0.25, 0.3) is 0 Å². The van der Waals surface area contributed by atoms with Crippen molar-refractivity contribution in [3.63, 3.8) is 0 Å². The lowest BCUT2D eigenvalue weighted by Gasteiger charge is -2.12. The summed E-state index contributed by atoms with van der Waals surface area (Å²) in [6, 6.07) is 7.56. The number of aromatic nitrogens is 1. The fraction of sp³-hybridized carbons (Fsp3) is 0.444. The predicted octanol–water partition coefficient (Wildman–Crippen LogP) is 2.64. The van der Waals surface area contributed by atoms with Gasteiger partial charge in [-0.15, -0.1) is 11.3 Å². The topological polar surface area (TPSA) is 67.8 Å². The second kappa shape index (κ2) is 10.6. The number of hydrogen-bond donors (Lipinski definition) is 2. The average Bonchev–Trinajstić information content (AvgIpc) is 3.04.